The van der Waals surface area contributed by atoms with Crippen LogP contribution in [0.4, 0.5) is 0 Å². The summed E-state index contributed by atoms with van der Waals surface area (Å²) in [7, 11) is 3.19. The van der Waals surface area contributed by atoms with Gasteiger partial charge in [0.25, 0.3) is 0 Å². The maximum Gasteiger partial charge on any atom is 0.179 e. The molecular weight excluding hydrogens is 266 g/mol. The highest BCUT2D eigenvalue weighted by molar-refractivity contribution is 6.33. The molecule has 2 rings (SSSR count). The lowest BCUT2D eigenvalue weighted by Gasteiger charge is -2.38. The van der Waals surface area contributed by atoms with E-state index in [1.54, 1.807) is 14.2 Å². The standard InChI is InChI=1S/C14H20ClNO3/c1-14(8-19-9-14)7-16-6-10-4-5-11(17-2)13(18-3)12(10)15/h4-5,16H,6-9H2,1-3H3. The minimum Gasteiger partial charge on any atom is -0.493 e. The summed E-state index contributed by atoms with van der Waals surface area (Å²) in [4.78, 5) is 0. The topological polar surface area (TPSA) is 39.7 Å². The highest BCUT2D eigenvalue weighted by Gasteiger charge is 2.32. The van der Waals surface area contributed by atoms with Crippen molar-refractivity contribution in [2.45, 2.75) is 13.5 Å². The van der Waals surface area contributed by atoms with Gasteiger partial charge in [0, 0.05) is 18.5 Å². The van der Waals surface area contributed by atoms with E-state index in [1.165, 1.54) is 0 Å². The molecule has 0 unspecified atom stereocenters. The van der Waals surface area contributed by atoms with E-state index in [-0.39, 0.29) is 5.41 Å². The smallest absolute Gasteiger partial charge is 0.179 e. The summed E-state index contributed by atoms with van der Waals surface area (Å²) in [6.45, 7) is 5.46. The van der Waals surface area contributed by atoms with Gasteiger partial charge in [-0.2, -0.15) is 0 Å². The van der Waals surface area contributed by atoms with Gasteiger partial charge in [0.05, 0.1) is 32.5 Å². The highest BCUT2D eigenvalue weighted by Crippen LogP contribution is 2.37. The molecule has 19 heavy (non-hydrogen) atoms. The van der Waals surface area contributed by atoms with E-state index in [2.05, 4.69) is 12.2 Å². The molecule has 0 radical (unpaired) electrons. The van der Waals surface area contributed by atoms with Crippen LogP contribution in [-0.2, 0) is 11.3 Å². The van der Waals surface area contributed by atoms with Gasteiger partial charge in [0.2, 0.25) is 0 Å². The molecule has 5 heteroatoms. The van der Waals surface area contributed by atoms with Crippen molar-refractivity contribution in [1.29, 1.82) is 0 Å². The third-order valence-corrected chi connectivity index (χ3v) is 3.75. The summed E-state index contributed by atoms with van der Waals surface area (Å²) in [5, 5.41) is 4.01. The fraction of sp³-hybridized carbons (Fsp3) is 0.571. The van der Waals surface area contributed by atoms with Crippen LogP contribution in [-0.4, -0.2) is 34.0 Å². The van der Waals surface area contributed by atoms with Gasteiger partial charge >= 0.3 is 0 Å². The fourth-order valence-corrected chi connectivity index (χ4v) is 2.42. The van der Waals surface area contributed by atoms with Crippen molar-refractivity contribution < 1.29 is 14.2 Å². The molecule has 1 heterocycles. The average molecular weight is 286 g/mol. The molecule has 106 valence electrons. The van der Waals surface area contributed by atoms with Gasteiger partial charge in [-0.3, -0.25) is 0 Å². The van der Waals surface area contributed by atoms with Crippen molar-refractivity contribution in [2.24, 2.45) is 5.41 Å². The molecule has 0 spiro atoms. The average Bonchev–Trinajstić information content (AvgIpc) is 2.38. The fourth-order valence-electron chi connectivity index (χ4n) is 2.12. The van der Waals surface area contributed by atoms with Crippen LogP contribution in [0.2, 0.25) is 5.02 Å². The number of benzene rings is 1. The predicted octanol–water partition coefficient (Wildman–Crippen LogP) is 2.48. The quantitative estimate of drug-likeness (QED) is 0.872. The second-order valence-corrected chi connectivity index (χ2v) is 5.56. The Bertz CT molecular complexity index is 447. The molecule has 1 fully saturated rings. The predicted molar refractivity (Wildman–Crippen MR) is 75.2 cm³/mol. The normalized spacial score (nSPS) is 16.8. The summed E-state index contributed by atoms with van der Waals surface area (Å²) >= 11 is 6.32. The molecule has 0 atom stereocenters. The van der Waals surface area contributed by atoms with E-state index in [0.717, 1.165) is 25.3 Å². The van der Waals surface area contributed by atoms with Crippen molar-refractivity contribution in [3.63, 3.8) is 0 Å². The number of halogens is 1. The first-order valence-electron chi connectivity index (χ1n) is 6.27. The lowest BCUT2D eigenvalue weighted by atomic mass is 9.89. The maximum atomic E-state index is 6.32. The second kappa shape index (κ2) is 5.99. The Hall–Kier alpha value is -0.970. The largest absolute Gasteiger partial charge is 0.493 e. The highest BCUT2D eigenvalue weighted by atomic mass is 35.5. The number of rotatable bonds is 6. The van der Waals surface area contributed by atoms with Crippen LogP contribution in [0, 0.1) is 5.41 Å². The number of ether oxygens (including phenoxy) is 3. The van der Waals surface area contributed by atoms with Gasteiger partial charge in [0.1, 0.15) is 0 Å². The molecule has 1 aliphatic heterocycles. The van der Waals surface area contributed by atoms with E-state index in [1.807, 2.05) is 12.1 Å². The first kappa shape index (κ1) is 14.4. The van der Waals surface area contributed by atoms with Crippen LogP contribution in [0.5, 0.6) is 11.5 Å². The number of methoxy groups -OCH3 is 2. The van der Waals surface area contributed by atoms with Gasteiger partial charge in [-0.1, -0.05) is 24.6 Å². The lowest BCUT2D eigenvalue weighted by Crippen LogP contribution is -2.47. The Morgan fingerprint density at radius 2 is 2.05 bits per heavy atom. The third kappa shape index (κ3) is 3.14. The Morgan fingerprint density at radius 1 is 1.32 bits per heavy atom. The van der Waals surface area contributed by atoms with Crippen LogP contribution in [0.25, 0.3) is 0 Å². The minimum absolute atomic E-state index is 0.253. The van der Waals surface area contributed by atoms with E-state index in [4.69, 9.17) is 25.8 Å². The van der Waals surface area contributed by atoms with E-state index >= 15 is 0 Å². The summed E-state index contributed by atoms with van der Waals surface area (Å²) in [6.07, 6.45) is 0. The van der Waals surface area contributed by atoms with Crippen LogP contribution in [0.1, 0.15) is 12.5 Å². The Morgan fingerprint density at radius 3 is 2.58 bits per heavy atom. The molecule has 0 aromatic heterocycles. The molecular formula is C14H20ClNO3. The van der Waals surface area contributed by atoms with Crippen molar-refractivity contribution in [3.8, 4) is 11.5 Å². The third-order valence-electron chi connectivity index (χ3n) is 3.33. The van der Waals surface area contributed by atoms with Gasteiger partial charge < -0.3 is 19.5 Å². The Kier molecular flexibility index (Phi) is 4.55. The molecule has 1 aromatic carbocycles. The first-order valence-corrected chi connectivity index (χ1v) is 6.65. The zero-order valence-electron chi connectivity index (χ0n) is 11.6. The number of hydrogen-bond donors (Lipinski definition) is 1. The van der Waals surface area contributed by atoms with Crippen molar-refractivity contribution in [3.05, 3.63) is 22.7 Å². The van der Waals surface area contributed by atoms with E-state index in [0.29, 0.717) is 23.1 Å². The molecule has 1 saturated heterocycles. The van der Waals surface area contributed by atoms with Crippen molar-refractivity contribution in [2.75, 3.05) is 34.0 Å². The summed E-state index contributed by atoms with van der Waals surface area (Å²) in [6, 6.07) is 3.83. The summed E-state index contributed by atoms with van der Waals surface area (Å²) in [5.41, 5.74) is 1.26. The molecule has 1 N–H and O–H groups in total. The van der Waals surface area contributed by atoms with Crippen LogP contribution >= 0.6 is 11.6 Å². The van der Waals surface area contributed by atoms with E-state index in [9.17, 15) is 0 Å². The number of nitrogens with one attached hydrogen (secondary N) is 1. The van der Waals surface area contributed by atoms with Gasteiger partial charge in [0.15, 0.2) is 11.5 Å². The molecule has 4 nitrogen and oxygen atoms in total. The minimum atomic E-state index is 0.253. The van der Waals surface area contributed by atoms with Crippen LogP contribution in [0.15, 0.2) is 12.1 Å². The van der Waals surface area contributed by atoms with Crippen molar-refractivity contribution >= 4 is 11.6 Å². The number of hydrogen-bond acceptors (Lipinski definition) is 4. The lowest BCUT2D eigenvalue weighted by molar-refractivity contribution is -0.0991. The van der Waals surface area contributed by atoms with Gasteiger partial charge in [-0.15, -0.1) is 0 Å². The zero-order chi connectivity index (χ0) is 13.9. The van der Waals surface area contributed by atoms with Crippen LogP contribution < -0.4 is 14.8 Å². The van der Waals surface area contributed by atoms with Crippen molar-refractivity contribution in [1.82, 2.24) is 5.32 Å². The molecule has 1 aromatic rings. The van der Waals surface area contributed by atoms with Gasteiger partial charge in [-0.25, -0.2) is 0 Å². The maximum absolute atomic E-state index is 6.32. The molecule has 1 aliphatic rings. The van der Waals surface area contributed by atoms with Gasteiger partial charge in [-0.05, 0) is 11.6 Å². The second-order valence-electron chi connectivity index (χ2n) is 5.18. The molecule has 0 amide bonds. The monoisotopic (exact) mass is 285 g/mol. The molecule has 0 bridgehead atoms. The summed E-state index contributed by atoms with van der Waals surface area (Å²) < 4.78 is 15.7. The Balaban J connectivity index is 2.00. The van der Waals surface area contributed by atoms with Crippen LogP contribution in [0.3, 0.4) is 0 Å². The SMILES string of the molecule is COc1ccc(CNCC2(C)COC2)c(Cl)c1OC. The first-order chi connectivity index (χ1) is 9.09. The molecule has 0 aliphatic carbocycles. The summed E-state index contributed by atoms with van der Waals surface area (Å²) in [5.74, 6) is 1.23. The Labute approximate surface area is 119 Å². The van der Waals surface area contributed by atoms with E-state index < -0.39 is 0 Å². The molecule has 0 saturated carbocycles. The zero-order valence-corrected chi connectivity index (χ0v) is 12.3.